The summed E-state index contributed by atoms with van der Waals surface area (Å²) in [6.07, 6.45) is 4.18. The molecule has 4 aromatic rings. The van der Waals surface area contributed by atoms with Crippen LogP contribution in [0.3, 0.4) is 0 Å². The van der Waals surface area contributed by atoms with E-state index >= 15 is 0 Å². The second kappa shape index (κ2) is 8.92. The summed E-state index contributed by atoms with van der Waals surface area (Å²) in [6, 6.07) is 7.89. The number of hydrogen-bond donors (Lipinski definition) is 2. The van der Waals surface area contributed by atoms with Crippen LogP contribution in [0.1, 0.15) is 30.2 Å². The maximum Gasteiger partial charge on any atom is 0.305 e. The summed E-state index contributed by atoms with van der Waals surface area (Å²) < 4.78 is 0.890. The largest absolute Gasteiger partial charge is 0.342 e. The van der Waals surface area contributed by atoms with Crippen LogP contribution >= 0.6 is 22.7 Å². The van der Waals surface area contributed by atoms with Crippen molar-refractivity contribution in [1.29, 1.82) is 5.26 Å². The summed E-state index contributed by atoms with van der Waals surface area (Å²) in [5, 5.41) is 13.3. The van der Waals surface area contributed by atoms with E-state index in [4.69, 9.17) is 5.26 Å². The van der Waals surface area contributed by atoms with Crippen LogP contribution in [0.4, 0.5) is 11.5 Å². The number of nitriles is 1. The Morgan fingerprint density at radius 3 is 3.06 bits per heavy atom. The monoisotopic (exact) mass is 478 g/mol. The minimum absolute atomic E-state index is 0.0626. The average molecular weight is 479 g/mol. The fourth-order valence-corrected chi connectivity index (χ4v) is 6.49. The number of thiazole rings is 1. The van der Waals surface area contributed by atoms with Gasteiger partial charge in [0.05, 0.1) is 28.1 Å². The van der Waals surface area contributed by atoms with Crippen LogP contribution in [0, 0.1) is 17.2 Å². The Balaban J connectivity index is 1.43. The number of rotatable bonds is 6. The van der Waals surface area contributed by atoms with Crippen molar-refractivity contribution in [2.75, 3.05) is 18.4 Å². The molecule has 1 atom stereocenters. The molecule has 2 N–H and O–H groups in total. The van der Waals surface area contributed by atoms with Crippen LogP contribution in [-0.2, 0) is 17.6 Å². The predicted octanol–water partition coefficient (Wildman–Crippen LogP) is 4.20. The van der Waals surface area contributed by atoms with Crippen molar-refractivity contribution in [2.24, 2.45) is 5.92 Å². The molecule has 1 unspecified atom stereocenters. The molecule has 3 aromatic heterocycles. The van der Waals surface area contributed by atoms with Crippen molar-refractivity contribution in [3.05, 3.63) is 44.6 Å². The van der Waals surface area contributed by atoms with Crippen molar-refractivity contribution < 1.29 is 4.79 Å². The Hall–Kier alpha value is -3.29. The SMILES string of the molecule is CCN(CCC#N)C(=O)C1CCc2c(sc3ncnc(Nc4ccc5[nH]c(=O)sc5c4)c23)C1. The first-order chi connectivity index (χ1) is 16.1. The molecule has 33 heavy (non-hydrogen) atoms. The lowest BCUT2D eigenvalue weighted by molar-refractivity contribution is -0.135. The number of hydrogen-bond acceptors (Lipinski definition) is 8. The molecule has 8 nitrogen and oxygen atoms in total. The van der Waals surface area contributed by atoms with Crippen molar-refractivity contribution in [2.45, 2.75) is 32.6 Å². The molecule has 10 heteroatoms. The number of carbonyl (C=O) groups excluding carboxylic acids is 1. The van der Waals surface area contributed by atoms with Gasteiger partial charge >= 0.3 is 4.87 Å². The van der Waals surface area contributed by atoms with Gasteiger partial charge in [0, 0.05) is 29.6 Å². The van der Waals surface area contributed by atoms with Crippen molar-refractivity contribution in [3.63, 3.8) is 0 Å². The lowest BCUT2D eigenvalue weighted by Crippen LogP contribution is -2.38. The molecule has 0 aliphatic heterocycles. The summed E-state index contributed by atoms with van der Waals surface area (Å²) in [7, 11) is 0. The van der Waals surface area contributed by atoms with Gasteiger partial charge in [-0.15, -0.1) is 11.3 Å². The number of aromatic amines is 1. The molecule has 168 valence electrons. The molecule has 0 spiro atoms. The van der Waals surface area contributed by atoms with Gasteiger partial charge < -0.3 is 15.2 Å². The highest BCUT2D eigenvalue weighted by atomic mass is 32.1. The number of amides is 1. The van der Waals surface area contributed by atoms with Crippen molar-refractivity contribution in [3.8, 4) is 6.07 Å². The van der Waals surface area contributed by atoms with E-state index in [0.29, 0.717) is 25.9 Å². The molecule has 1 aliphatic carbocycles. The predicted molar refractivity (Wildman–Crippen MR) is 131 cm³/mol. The lowest BCUT2D eigenvalue weighted by Gasteiger charge is -2.28. The smallest absolute Gasteiger partial charge is 0.305 e. The fourth-order valence-electron chi connectivity index (χ4n) is 4.44. The molecule has 5 rings (SSSR count). The fraction of sp³-hybridized carbons (Fsp3) is 0.348. The zero-order valence-corrected chi connectivity index (χ0v) is 19.7. The first kappa shape index (κ1) is 21.6. The van der Waals surface area contributed by atoms with Crippen LogP contribution in [0.2, 0.25) is 0 Å². The van der Waals surface area contributed by atoms with E-state index in [1.807, 2.05) is 25.1 Å². The highest BCUT2D eigenvalue weighted by Gasteiger charge is 2.31. The normalized spacial score (nSPS) is 15.3. The van der Waals surface area contributed by atoms with E-state index in [1.165, 1.54) is 21.8 Å². The second-order valence-corrected chi connectivity index (χ2v) is 10.1. The molecule has 1 aliphatic rings. The van der Waals surface area contributed by atoms with E-state index in [9.17, 15) is 9.59 Å². The van der Waals surface area contributed by atoms with Gasteiger partial charge in [-0.1, -0.05) is 11.3 Å². The van der Waals surface area contributed by atoms with Crippen LogP contribution in [0.25, 0.3) is 20.4 Å². The van der Waals surface area contributed by atoms with Crippen molar-refractivity contribution in [1.82, 2.24) is 19.9 Å². The van der Waals surface area contributed by atoms with E-state index in [1.54, 1.807) is 22.6 Å². The number of thiophene rings is 1. The zero-order valence-electron chi connectivity index (χ0n) is 18.1. The molecular formula is C23H22N6O2S2. The van der Waals surface area contributed by atoms with Crippen LogP contribution in [0.15, 0.2) is 29.3 Å². The van der Waals surface area contributed by atoms with Gasteiger partial charge in [0.2, 0.25) is 5.91 Å². The standard InChI is InChI=1S/C23H22N6O2S2/c1-2-29(9-3-8-24)22(30)13-4-6-15-17(10-13)32-21-19(15)20(25-12-26-21)27-14-5-7-16-18(11-14)33-23(31)28-16/h5,7,11-13H,2-4,6,9-10H2,1H3,(H,28,31)(H,25,26,27). The molecule has 0 bridgehead atoms. The Morgan fingerprint density at radius 1 is 1.36 bits per heavy atom. The van der Waals surface area contributed by atoms with E-state index in [0.717, 1.165) is 44.8 Å². The van der Waals surface area contributed by atoms with Gasteiger partial charge in [-0.05, 0) is 49.9 Å². The number of nitrogens with zero attached hydrogens (tertiary/aromatic N) is 4. The van der Waals surface area contributed by atoms with Gasteiger partial charge in [-0.2, -0.15) is 5.26 Å². The Morgan fingerprint density at radius 2 is 2.24 bits per heavy atom. The summed E-state index contributed by atoms with van der Waals surface area (Å²) in [4.78, 5) is 40.3. The van der Waals surface area contributed by atoms with Gasteiger partial charge in [0.1, 0.15) is 17.0 Å². The van der Waals surface area contributed by atoms with Gasteiger partial charge in [0.15, 0.2) is 0 Å². The quantitative estimate of drug-likeness (QED) is 0.429. The first-order valence-electron chi connectivity index (χ1n) is 10.9. The molecule has 3 heterocycles. The summed E-state index contributed by atoms with van der Waals surface area (Å²) >= 11 is 2.81. The van der Waals surface area contributed by atoms with E-state index in [-0.39, 0.29) is 16.7 Å². The lowest BCUT2D eigenvalue weighted by atomic mass is 9.86. The third-order valence-electron chi connectivity index (χ3n) is 6.07. The second-order valence-electron chi connectivity index (χ2n) is 8.02. The first-order valence-corrected chi connectivity index (χ1v) is 12.5. The number of H-pyrrole nitrogens is 1. The number of carbonyl (C=O) groups is 1. The summed E-state index contributed by atoms with van der Waals surface area (Å²) in [6.45, 7) is 3.07. The molecule has 0 saturated heterocycles. The van der Waals surface area contributed by atoms with E-state index < -0.39 is 0 Å². The highest BCUT2D eigenvalue weighted by Crippen LogP contribution is 2.41. The molecule has 0 fully saturated rings. The number of aryl methyl sites for hydroxylation is 1. The summed E-state index contributed by atoms with van der Waals surface area (Å²) in [5.41, 5.74) is 2.90. The van der Waals surface area contributed by atoms with Gasteiger partial charge in [-0.3, -0.25) is 9.59 Å². The average Bonchev–Trinajstić information content (AvgIpc) is 3.38. The maximum absolute atomic E-state index is 13.0. The molecule has 0 saturated carbocycles. The van der Waals surface area contributed by atoms with Gasteiger partial charge in [0.25, 0.3) is 0 Å². The summed E-state index contributed by atoms with van der Waals surface area (Å²) in [5.74, 6) is 0.820. The minimum Gasteiger partial charge on any atom is -0.342 e. The Kier molecular flexibility index (Phi) is 5.83. The van der Waals surface area contributed by atoms with Crippen molar-refractivity contribution >= 4 is 60.5 Å². The number of benzene rings is 1. The van der Waals surface area contributed by atoms with E-state index in [2.05, 4.69) is 26.3 Å². The zero-order chi connectivity index (χ0) is 22.9. The number of aromatic nitrogens is 3. The van der Waals surface area contributed by atoms with Crippen LogP contribution < -0.4 is 10.2 Å². The Bertz CT molecular complexity index is 1450. The number of nitrogens with one attached hydrogen (secondary N) is 2. The highest BCUT2D eigenvalue weighted by molar-refractivity contribution is 7.19. The molecule has 0 radical (unpaired) electrons. The Labute approximate surface area is 197 Å². The third kappa shape index (κ3) is 4.10. The van der Waals surface area contributed by atoms with Crippen LogP contribution in [-0.4, -0.2) is 38.8 Å². The number of fused-ring (bicyclic) bond motifs is 4. The minimum atomic E-state index is -0.0724. The molecule has 1 aromatic carbocycles. The number of anilines is 2. The topological polar surface area (TPSA) is 115 Å². The molecular weight excluding hydrogens is 456 g/mol. The maximum atomic E-state index is 13.0. The van der Waals surface area contributed by atoms with Crippen LogP contribution in [0.5, 0.6) is 0 Å². The third-order valence-corrected chi connectivity index (χ3v) is 8.07. The van der Waals surface area contributed by atoms with Gasteiger partial charge in [-0.25, -0.2) is 9.97 Å². The molecule has 1 amide bonds.